The molecule has 4 nitrogen and oxygen atoms in total. The van der Waals surface area contributed by atoms with E-state index in [-0.39, 0.29) is 5.91 Å². The van der Waals surface area contributed by atoms with Crippen LogP contribution in [0.2, 0.25) is 0 Å². The van der Waals surface area contributed by atoms with E-state index in [9.17, 15) is 4.79 Å². The lowest BCUT2D eigenvalue weighted by Gasteiger charge is -2.29. The second-order valence-electron chi connectivity index (χ2n) is 7.90. The third kappa shape index (κ3) is 8.39. The van der Waals surface area contributed by atoms with Crippen molar-refractivity contribution in [3.63, 3.8) is 0 Å². The first-order valence-electron chi connectivity index (χ1n) is 9.57. The number of benzene rings is 1. The van der Waals surface area contributed by atoms with Crippen LogP contribution in [0, 0.1) is 6.92 Å². The van der Waals surface area contributed by atoms with Crippen LogP contribution >= 0.6 is 0 Å². The number of aryl methyl sites for hydroxylation is 1. The van der Waals surface area contributed by atoms with Crippen molar-refractivity contribution in [1.82, 2.24) is 5.32 Å². The van der Waals surface area contributed by atoms with Crippen LogP contribution in [-0.4, -0.2) is 50.7 Å². The van der Waals surface area contributed by atoms with E-state index in [0.717, 1.165) is 38.1 Å². The Bertz CT molecular complexity index is 539. The average Bonchev–Trinajstić information content (AvgIpc) is 2.52. The van der Waals surface area contributed by atoms with Crippen LogP contribution < -0.4 is 10.1 Å². The van der Waals surface area contributed by atoms with Crippen molar-refractivity contribution < 1.29 is 14.0 Å². The van der Waals surface area contributed by atoms with Gasteiger partial charge in [0.05, 0.1) is 27.2 Å². The first-order valence-corrected chi connectivity index (χ1v) is 9.57. The van der Waals surface area contributed by atoms with Crippen LogP contribution in [0.3, 0.4) is 0 Å². The molecule has 0 saturated heterocycles. The summed E-state index contributed by atoms with van der Waals surface area (Å²) < 4.78 is 6.68. The number of ether oxygens (including phenoxy) is 1. The maximum absolute atomic E-state index is 12.0. The molecular formula is C21H37N2O2+. The van der Waals surface area contributed by atoms with Crippen molar-refractivity contribution in [2.75, 3.05) is 40.3 Å². The van der Waals surface area contributed by atoms with Gasteiger partial charge in [-0.25, -0.2) is 0 Å². The van der Waals surface area contributed by atoms with Gasteiger partial charge in [-0.1, -0.05) is 39.3 Å². The molecule has 0 unspecified atom stereocenters. The zero-order chi connectivity index (χ0) is 18.9. The fourth-order valence-corrected chi connectivity index (χ4v) is 2.73. The zero-order valence-electron chi connectivity index (χ0n) is 17.0. The minimum Gasteiger partial charge on any atom is -0.493 e. The molecule has 0 aliphatic carbocycles. The number of nitrogens with one attached hydrogen (secondary N) is 1. The van der Waals surface area contributed by atoms with Gasteiger partial charge in [-0.3, -0.25) is 4.79 Å². The topological polar surface area (TPSA) is 38.3 Å². The monoisotopic (exact) mass is 349 g/mol. The van der Waals surface area contributed by atoms with E-state index in [1.54, 1.807) is 0 Å². The summed E-state index contributed by atoms with van der Waals surface area (Å²) in [6, 6.07) is 6.45. The van der Waals surface area contributed by atoms with Crippen LogP contribution in [0.1, 0.15) is 57.1 Å². The smallest absolute Gasteiger partial charge is 0.275 e. The summed E-state index contributed by atoms with van der Waals surface area (Å²) in [5.74, 6) is 1.62. The van der Waals surface area contributed by atoms with Crippen LogP contribution in [0.25, 0.3) is 0 Å². The van der Waals surface area contributed by atoms with Crippen molar-refractivity contribution in [3.05, 3.63) is 29.3 Å². The quantitative estimate of drug-likeness (QED) is 0.486. The van der Waals surface area contributed by atoms with Crippen LogP contribution in [0.5, 0.6) is 5.75 Å². The number of hydrogen-bond donors (Lipinski definition) is 1. The van der Waals surface area contributed by atoms with E-state index in [1.807, 2.05) is 0 Å². The Morgan fingerprint density at radius 1 is 1.24 bits per heavy atom. The van der Waals surface area contributed by atoms with E-state index >= 15 is 0 Å². The molecule has 0 saturated carbocycles. The fraction of sp³-hybridized carbons (Fsp3) is 0.667. The van der Waals surface area contributed by atoms with Crippen molar-refractivity contribution in [1.29, 1.82) is 0 Å². The summed E-state index contributed by atoms with van der Waals surface area (Å²) >= 11 is 0. The number of carbonyl (C=O) groups excluding carboxylic acids is 1. The zero-order valence-corrected chi connectivity index (χ0v) is 17.0. The molecule has 1 aromatic rings. The van der Waals surface area contributed by atoms with Gasteiger partial charge >= 0.3 is 0 Å². The molecule has 0 radical (unpaired) electrons. The van der Waals surface area contributed by atoms with Crippen molar-refractivity contribution in [2.45, 2.75) is 52.9 Å². The molecule has 142 valence electrons. The Hall–Kier alpha value is -1.55. The fourth-order valence-electron chi connectivity index (χ4n) is 2.73. The number of rotatable bonds is 11. The predicted octanol–water partition coefficient (Wildman–Crippen LogP) is 3.88. The maximum atomic E-state index is 12.0. The number of nitrogens with zero attached hydrogens (tertiary/aromatic N) is 1. The third-order valence-electron chi connectivity index (χ3n) is 4.47. The molecule has 1 N–H and O–H groups in total. The Kier molecular flexibility index (Phi) is 8.98. The summed E-state index contributed by atoms with van der Waals surface area (Å²) in [6.07, 6.45) is 3.08. The van der Waals surface area contributed by atoms with Gasteiger partial charge in [0.15, 0.2) is 6.54 Å². The minimum atomic E-state index is 0.139. The van der Waals surface area contributed by atoms with Crippen LogP contribution in [-0.2, 0) is 4.79 Å². The summed E-state index contributed by atoms with van der Waals surface area (Å²) in [7, 11) is 4.20. The summed E-state index contributed by atoms with van der Waals surface area (Å²) in [5.41, 5.74) is 2.48. The van der Waals surface area contributed by atoms with Gasteiger partial charge in [0, 0.05) is 13.0 Å². The van der Waals surface area contributed by atoms with Gasteiger partial charge in [0.2, 0.25) is 0 Å². The highest BCUT2D eigenvalue weighted by Crippen LogP contribution is 2.24. The molecule has 1 rings (SSSR count). The molecule has 0 fully saturated rings. The standard InChI is InChI=1S/C21H36N2O2/c1-7-8-12-22-21(24)16-23(5,6)13-9-14-25-20-15-19(17(2)3)11-10-18(20)4/h10-11,15,17H,7-9,12-14,16H2,1-6H3/p+1. The van der Waals surface area contributed by atoms with Crippen LogP contribution in [0.15, 0.2) is 18.2 Å². The Labute approximate surface area is 154 Å². The van der Waals surface area contributed by atoms with Gasteiger partial charge in [-0.15, -0.1) is 0 Å². The second-order valence-corrected chi connectivity index (χ2v) is 7.90. The van der Waals surface area contributed by atoms with E-state index in [0.29, 0.717) is 23.6 Å². The lowest BCUT2D eigenvalue weighted by atomic mass is 10.0. The highest BCUT2D eigenvalue weighted by molar-refractivity contribution is 5.76. The first-order chi connectivity index (χ1) is 11.7. The molecule has 0 atom stereocenters. The lowest BCUT2D eigenvalue weighted by molar-refractivity contribution is -0.882. The molecule has 0 spiro atoms. The highest BCUT2D eigenvalue weighted by Gasteiger charge is 2.19. The molecule has 0 aromatic heterocycles. The number of hydrogen-bond acceptors (Lipinski definition) is 2. The normalized spacial score (nSPS) is 11.6. The van der Waals surface area contributed by atoms with Crippen LogP contribution in [0.4, 0.5) is 0 Å². The molecule has 4 heteroatoms. The predicted molar refractivity (Wildman–Crippen MR) is 105 cm³/mol. The Morgan fingerprint density at radius 3 is 2.60 bits per heavy atom. The Morgan fingerprint density at radius 2 is 1.96 bits per heavy atom. The molecule has 25 heavy (non-hydrogen) atoms. The summed E-state index contributed by atoms with van der Waals surface area (Å²) in [5, 5.41) is 2.99. The molecule has 1 aromatic carbocycles. The van der Waals surface area contributed by atoms with Gasteiger partial charge < -0.3 is 14.5 Å². The largest absolute Gasteiger partial charge is 0.493 e. The molecule has 0 aliphatic rings. The Balaban J connectivity index is 2.39. The summed E-state index contributed by atoms with van der Waals surface area (Å²) in [6.45, 7) is 11.5. The van der Waals surface area contributed by atoms with E-state index in [1.165, 1.54) is 11.1 Å². The molecular weight excluding hydrogens is 312 g/mol. The number of unbranched alkanes of at least 4 members (excludes halogenated alkanes) is 1. The van der Waals surface area contributed by atoms with Gasteiger partial charge in [-0.05, 0) is 36.5 Å². The number of amides is 1. The van der Waals surface area contributed by atoms with Gasteiger partial charge in [0.1, 0.15) is 5.75 Å². The van der Waals surface area contributed by atoms with Gasteiger partial charge in [0.25, 0.3) is 5.91 Å². The van der Waals surface area contributed by atoms with Crippen molar-refractivity contribution >= 4 is 5.91 Å². The van der Waals surface area contributed by atoms with Crippen molar-refractivity contribution in [2.24, 2.45) is 0 Å². The maximum Gasteiger partial charge on any atom is 0.275 e. The average molecular weight is 350 g/mol. The highest BCUT2D eigenvalue weighted by atomic mass is 16.5. The lowest BCUT2D eigenvalue weighted by Crippen LogP contribution is -2.48. The minimum absolute atomic E-state index is 0.139. The number of carbonyl (C=O) groups is 1. The molecule has 0 aliphatic heterocycles. The SMILES string of the molecule is CCCCNC(=O)C[N+](C)(C)CCCOc1cc(C(C)C)ccc1C. The van der Waals surface area contributed by atoms with E-state index in [2.05, 4.69) is 65.3 Å². The van der Waals surface area contributed by atoms with E-state index in [4.69, 9.17) is 4.74 Å². The summed E-state index contributed by atoms with van der Waals surface area (Å²) in [4.78, 5) is 12.0. The first kappa shape index (κ1) is 21.5. The second kappa shape index (κ2) is 10.4. The third-order valence-corrected chi connectivity index (χ3v) is 4.47. The number of quaternary nitrogens is 1. The molecule has 0 heterocycles. The number of likely N-dealkylation sites (N-methyl/N-ethyl adjacent to an activating group) is 1. The molecule has 0 bridgehead atoms. The van der Waals surface area contributed by atoms with Gasteiger partial charge in [-0.2, -0.15) is 0 Å². The molecule has 1 amide bonds. The van der Waals surface area contributed by atoms with Crippen molar-refractivity contribution in [3.8, 4) is 5.75 Å². The van der Waals surface area contributed by atoms with E-state index < -0.39 is 0 Å².